The van der Waals surface area contributed by atoms with Crippen molar-refractivity contribution in [2.45, 2.75) is 31.8 Å². The molecule has 0 saturated heterocycles. The van der Waals surface area contributed by atoms with Gasteiger partial charge >= 0.3 is 0 Å². The Balaban J connectivity index is 1.46. The quantitative estimate of drug-likeness (QED) is 0.460. The first-order chi connectivity index (χ1) is 17.6. The van der Waals surface area contributed by atoms with Crippen molar-refractivity contribution >= 4 is 5.91 Å². The normalized spacial score (nSPS) is 17.4. The average molecular weight is 490 g/mol. The molecule has 2 aliphatic heterocycles. The zero-order chi connectivity index (χ0) is 24.6. The molecule has 10 heteroatoms. The van der Waals surface area contributed by atoms with E-state index in [1.54, 1.807) is 23.1 Å². The van der Waals surface area contributed by atoms with Gasteiger partial charge in [-0.3, -0.25) is 14.6 Å². The van der Waals surface area contributed by atoms with Gasteiger partial charge in [0.25, 0.3) is 5.91 Å². The maximum atomic E-state index is 14.4. The van der Waals surface area contributed by atoms with Crippen LogP contribution >= 0.6 is 0 Å². The standard InChI is InChI=1S/C26H25F2N7O/c27-19-5-1-3-16(12-19)11-18-14-29-8-10-35-25(18)23(17-4-2-6-20(28)13-17)24(32-35)26(36)34-9-7-21-22(15-34)31-33-30-21/h1-6,12-13,18,29H,7-11,14-15H2,(H,30,31,33). The minimum atomic E-state index is -0.385. The lowest BCUT2D eigenvalue weighted by atomic mass is 9.90. The Morgan fingerprint density at radius 2 is 1.92 bits per heavy atom. The van der Waals surface area contributed by atoms with Gasteiger partial charge in [0.1, 0.15) is 17.3 Å². The van der Waals surface area contributed by atoms with Gasteiger partial charge in [-0.05, 0) is 41.8 Å². The summed E-state index contributed by atoms with van der Waals surface area (Å²) < 4.78 is 30.2. The molecule has 0 radical (unpaired) electrons. The van der Waals surface area contributed by atoms with Gasteiger partial charge in [0.05, 0.1) is 24.5 Å². The van der Waals surface area contributed by atoms with Crippen LogP contribution in [0.15, 0.2) is 48.5 Å². The average Bonchev–Trinajstić information content (AvgIpc) is 3.45. The fourth-order valence-electron chi connectivity index (χ4n) is 5.24. The highest BCUT2D eigenvalue weighted by molar-refractivity contribution is 6.00. The molecule has 184 valence electrons. The third kappa shape index (κ3) is 4.17. The van der Waals surface area contributed by atoms with E-state index in [-0.39, 0.29) is 23.5 Å². The topological polar surface area (TPSA) is 91.7 Å². The van der Waals surface area contributed by atoms with Crippen molar-refractivity contribution < 1.29 is 13.6 Å². The molecule has 0 fully saturated rings. The van der Waals surface area contributed by atoms with E-state index < -0.39 is 0 Å². The van der Waals surface area contributed by atoms with Crippen molar-refractivity contribution in [3.8, 4) is 11.1 Å². The number of hydrogen-bond acceptors (Lipinski definition) is 5. The van der Waals surface area contributed by atoms with Crippen molar-refractivity contribution in [3.63, 3.8) is 0 Å². The number of benzene rings is 2. The van der Waals surface area contributed by atoms with Crippen LogP contribution in [0.4, 0.5) is 8.78 Å². The van der Waals surface area contributed by atoms with Gasteiger partial charge in [-0.25, -0.2) is 8.78 Å². The van der Waals surface area contributed by atoms with Crippen molar-refractivity contribution in [1.29, 1.82) is 0 Å². The number of carbonyl (C=O) groups excluding carboxylic acids is 1. The maximum absolute atomic E-state index is 14.4. The molecular weight excluding hydrogens is 464 g/mol. The molecule has 2 aromatic carbocycles. The van der Waals surface area contributed by atoms with Gasteiger partial charge in [0.2, 0.25) is 0 Å². The fourth-order valence-corrected chi connectivity index (χ4v) is 5.24. The Bertz CT molecular complexity index is 1430. The van der Waals surface area contributed by atoms with E-state index in [2.05, 4.69) is 20.7 Å². The van der Waals surface area contributed by atoms with E-state index in [0.29, 0.717) is 62.4 Å². The van der Waals surface area contributed by atoms with Crippen LogP contribution in [0.5, 0.6) is 0 Å². The van der Waals surface area contributed by atoms with Crippen LogP contribution in [0.3, 0.4) is 0 Å². The Labute approximate surface area is 206 Å². The molecule has 2 aromatic heterocycles. The van der Waals surface area contributed by atoms with Crippen LogP contribution in [-0.4, -0.2) is 55.6 Å². The second kappa shape index (κ2) is 9.27. The second-order valence-corrected chi connectivity index (χ2v) is 9.29. The molecule has 4 aromatic rings. The molecule has 8 nitrogen and oxygen atoms in total. The number of aromatic amines is 1. The molecule has 0 aliphatic carbocycles. The van der Waals surface area contributed by atoms with Gasteiger partial charge in [0.15, 0.2) is 5.69 Å². The molecule has 0 spiro atoms. The molecule has 2 aliphatic rings. The number of carbonyl (C=O) groups is 1. The van der Waals surface area contributed by atoms with Gasteiger partial charge < -0.3 is 10.2 Å². The van der Waals surface area contributed by atoms with Crippen LogP contribution in [0, 0.1) is 11.6 Å². The highest BCUT2D eigenvalue weighted by Crippen LogP contribution is 2.36. The number of H-pyrrole nitrogens is 1. The minimum Gasteiger partial charge on any atom is -0.331 e. The predicted octanol–water partition coefficient (Wildman–Crippen LogP) is 3.07. The molecule has 2 N–H and O–H groups in total. The smallest absolute Gasteiger partial charge is 0.275 e. The van der Waals surface area contributed by atoms with E-state index in [1.165, 1.54) is 24.3 Å². The van der Waals surface area contributed by atoms with Gasteiger partial charge in [-0.1, -0.05) is 29.5 Å². The lowest BCUT2D eigenvalue weighted by Crippen LogP contribution is -2.36. The highest BCUT2D eigenvalue weighted by Gasteiger charge is 2.34. The number of rotatable bonds is 4. The second-order valence-electron chi connectivity index (χ2n) is 9.29. The zero-order valence-corrected chi connectivity index (χ0v) is 19.5. The molecule has 0 bridgehead atoms. The van der Waals surface area contributed by atoms with Crippen LogP contribution in [0.25, 0.3) is 11.1 Å². The Hall–Kier alpha value is -3.92. The van der Waals surface area contributed by atoms with Crippen molar-refractivity contribution in [1.82, 2.24) is 35.4 Å². The summed E-state index contributed by atoms with van der Waals surface area (Å²) in [5.74, 6) is -0.989. The first-order valence-corrected chi connectivity index (χ1v) is 12.1. The third-order valence-corrected chi connectivity index (χ3v) is 6.92. The monoisotopic (exact) mass is 489 g/mol. The fraction of sp³-hybridized carbons (Fsp3) is 0.308. The van der Waals surface area contributed by atoms with Crippen LogP contribution in [0.2, 0.25) is 0 Å². The summed E-state index contributed by atoms with van der Waals surface area (Å²) in [5, 5.41) is 19.1. The molecule has 4 heterocycles. The summed E-state index contributed by atoms with van der Waals surface area (Å²) in [6, 6.07) is 12.8. The number of fused-ring (bicyclic) bond motifs is 2. The summed E-state index contributed by atoms with van der Waals surface area (Å²) in [6.07, 6.45) is 1.18. The largest absolute Gasteiger partial charge is 0.331 e. The van der Waals surface area contributed by atoms with E-state index in [1.807, 2.05) is 10.7 Å². The predicted molar refractivity (Wildman–Crippen MR) is 128 cm³/mol. The summed E-state index contributed by atoms with van der Waals surface area (Å²) in [4.78, 5) is 15.6. The Morgan fingerprint density at radius 3 is 2.75 bits per heavy atom. The van der Waals surface area contributed by atoms with E-state index in [9.17, 15) is 13.6 Å². The molecule has 6 rings (SSSR count). The zero-order valence-electron chi connectivity index (χ0n) is 19.5. The van der Waals surface area contributed by atoms with Crippen LogP contribution < -0.4 is 5.32 Å². The van der Waals surface area contributed by atoms with Crippen molar-refractivity contribution in [2.24, 2.45) is 0 Å². The van der Waals surface area contributed by atoms with E-state index in [4.69, 9.17) is 5.10 Å². The molecule has 1 unspecified atom stereocenters. The number of halogens is 2. The summed E-state index contributed by atoms with van der Waals surface area (Å²) in [7, 11) is 0. The molecular formula is C26H25F2N7O. The number of nitrogens with one attached hydrogen (secondary N) is 2. The van der Waals surface area contributed by atoms with Crippen LogP contribution in [0.1, 0.15) is 39.1 Å². The lowest BCUT2D eigenvalue weighted by Gasteiger charge is -2.25. The maximum Gasteiger partial charge on any atom is 0.275 e. The summed E-state index contributed by atoms with van der Waals surface area (Å²) in [5.41, 5.74) is 4.93. The van der Waals surface area contributed by atoms with E-state index in [0.717, 1.165) is 22.6 Å². The Kier molecular flexibility index (Phi) is 5.80. The third-order valence-electron chi connectivity index (χ3n) is 6.92. The molecule has 1 atom stereocenters. The molecule has 1 amide bonds. The molecule has 36 heavy (non-hydrogen) atoms. The highest BCUT2D eigenvalue weighted by atomic mass is 19.1. The summed E-state index contributed by atoms with van der Waals surface area (Å²) >= 11 is 0. The lowest BCUT2D eigenvalue weighted by molar-refractivity contribution is 0.0725. The van der Waals surface area contributed by atoms with Crippen LogP contribution in [-0.2, 0) is 25.9 Å². The number of hydrogen-bond donors (Lipinski definition) is 2. The SMILES string of the molecule is O=C(c1nn2c(c1-c1cccc(F)c1)C(Cc1cccc(F)c1)CNCC2)N1CCc2[nH]nnc2C1. The number of amides is 1. The van der Waals surface area contributed by atoms with E-state index >= 15 is 0 Å². The van der Waals surface area contributed by atoms with Gasteiger partial charge in [0, 0.05) is 37.5 Å². The van der Waals surface area contributed by atoms with Gasteiger partial charge in [-0.2, -0.15) is 5.10 Å². The molecule has 0 saturated carbocycles. The van der Waals surface area contributed by atoms with Crippen molar-refractivity contribution in [2.75, 3.05) is 19.6 Å². The van der Waals surface area contributed by atoms with Gasteiger partial charge in [-0.15, -0.1) is 5.10 Å². The Morgan fingerprint density at radius 1 is 1.08 bits per heavy atom. The first-order valence-electron chi connectivity index (χ1n) is 12.1. The van der Waals surface area contributed by atoms with Crippen molar-refractivity contribution in [3.05, 3.63) is 88.5 Å². The minimum absolute atomic E-state index is 0.0925. The number of aromatic nitrogens is 5. The summed E-state index contributed by atoms with van der Waals surface area (Å²) in [6.45, 7) is 2.72. The number of nitrogens with zero attached hydrogens (tertiary/aromatic N) is 5. The first kappa shape index (κ1) is 22.5.